The lowest BCUT2D eigenvalue weighted by molar-refractivity contribution is -0.136. The minimum absolute atomic E-state index is 0.0188. The monoisotopic (exact) mass is 839 g/mol. The van der Waals surface area contributed by atoms with Gasteiger partial charge in [0.1, 0.15) is 28.9 Å². The summed E-state index contributed by atoms with van der Waals surface area (Å²) in [6.45, 7) is -5.92. The van der Waals surface area contributed by atoms with E-state index >= 15 is 8.78 Å². The third kappa shape index (κ3) is 7.94. The summed E-state index contributed by atoms with van der Waals surface area (Å²) >= 11 is 0. The largest absolute Gasteiger partial charge is 0.369 e. The van der Waals surface area contributed by atoms with Crippen molar-refractivity contribution in [3.05, 3.63) is 89.0 Å². The van der Waals surface area contributed by atoms with E-state index in [9.17, 15) is 19.2 Å². The number of anilines is 3. The number of aromatic nitrogens is 5. The highest BCUT2D eigenvalue weighted by atomic mass is 19.1. The average molecular weight is 840 g/mol. The minimum Gasteiger partial charge on any atom is -0.369 e. The standard InChI is InChI=1S/C44H47F2N11O4/c1-25(2)56-26(3)49-40-33(45)18-29(19-36(40)56)39-34(46)22-48-44(52-39)50-37-8-4-28(21-47-37)24-53-12-10-27(11-13-53)23-54-14-16-55(17-15-54)30-5-6-31-32(20-30)43(61)57(42(31)60)35-7-9-38(58)51-41(35)59/h4-6,8,18-22,25,27,35H,7,9-17,23-24H2,1-3H3,(H,51,58,59)(H,47,48,50,52)/i14D2,15D2,16D2,17D2. The first kappa shape index (κ1) is 31.6. The molecular weight excluding hydrogens is 785 g/mol. The Hall–Kier alpha value is -6.20. The molecule has 0 spiro atoms. The van der Waals surface area contributed by atoms with Gasteiger partial charge in [0.15, 0.2) is 11.6 Å². The van der Waals surface area contributed by atoms with Crippen LogP contribution in [0, 0.1) is 24.5 Å². The number of piperazine rings is 1. The maximum absolute atomic E-state index is 15.2. The number of carbonyl (C=O) groups is 4. The third-order valence-electron chi connectivity index (χ3n) is 11.4. The van der Waals surface area contributed by atoms with Gasteiger partial charge in [-0.1, -0.05) is 6.07 Å². The predicted molar refractivity (Wildman–Crippen MR) is 223 cm³/mol. The Morgan fingerprint density at radius 1 is 0.869 bits per heavy atom. The molecule has 3 aromatic heterocycles. The number of hydrogen-bond acceptors (Lipinski definition) is 12. The zero-order chi connectivity index (χ0) is 49.7. The molecule has 2 N–H and O–H groups in total. The molecule has 7 heterocycles. The van der Waals surface area contributed by atoms with Crippen molar-refractivity contribution >= 4 is 52.1 Å². The number of piperidine rings is 2. The van der Waals surface area contributed by atoms with Gasteiger partial charge in [0.25, 0.3) is 11.8 Å². The molecule has 3 saturated heterocycles. The number of benzene rings is 2. The normalized spacial score (nSPS) is 24.6. The molecule has 1 atom stereocenters. The average Bonchev–Trinajstić information content (AvgIpc) is 3.75. The summed E-state index contributed by atoms with van der Waals surface area (Å²) in [4.78, 5) is 72.2. The lowest BCUT2D eigenvalue weighted by Crippen LogP contribution is -2.54. The van der Waals surface area contributed by atoms with Gasteiger partial charge in [-0.2, -0.15) is 0 Å². The highest BCUT2D eigenvalue weighted by Gasteiger charge is 2.45. The molecule has 4 aliphatic rings. The van der Waals surface area contributed by atoms with E-state index in [1.807, 2.05) is 24.5 Å². The number of amides is 4. The van der Waals surface area contributed by atoms with Crippen molar-refractivity contribution in [2.75, 3.05) is 55.8 Å². The lowest BCUT2D eigenvalue weighted by Gasteiger charge is -2.39. The van der Waals surface area contributed by atoms with Crippen LogP contribution in [0.3, 0.4) is 0 Å². The molecule has 4 aliphatic heterocycles. The Kier molecular flexibility index (Phi) is 8.48. The minimum atomic E-state index is -3.24. The van der Waals surface area contributed by atoms with E-state index in [0.29, 0.717) is 64.3 Å². The zero-order valence-electron chi connectivity index (χ0n) is 41.5. The fraction of sp³-hybridized carbons (Fsp3) is 0.409. The number of pyridine rings is 1. The van der Waals surface area contributed by atoms with Gasteiger partial charge in [-0.05, 0) is 101 Å². The van der Waals surface area contributed by atoms with Gasteiger partial charge in [-0.15, -0.1) is 0 Å². The van der Waals surface area contributed by atoms with Gasteiger partial charge in [0.05, 0.1) is 28.3 Å². The SMILES string of the molecule is [2H]C1([2H])N(CC2CCN(Cc3ccc(Nc4ncc(F)c(-c5cc(F)c6nc(C)n(C(C)C)c6c5)n4)nc3)CC2)C([2H])([2H])C([2H])([2H])N(c2ccc3c(c2)C(=O)N(C2CCC(=O)NC2=O)C3=O)C1([2H])[2H]. The van der Waals surface area contributed by atoms with Crippen LogP contribution in [0.25, 0.3) is 22.3 Å². The number of nitrogens with zero attached hydrogens (tertiary/aromatic N) is 9. The second-order valence-corrected chi connectivity index (χ2v) is 15.8. The molecule has 61 heavy (non-hydrogen) atoms. The fourth-order valence-electron chi connectivity index (χ4n) is 8.33. The number of likely N-dealkylation sites (tertiary alicyclic amines) is 1. The fourth-order valence-corrected chi connectivity index (χ4v) is 8.33. The van der Waals surface area contributed by atoms with Crippen molar-refractivity contribution < 1.29 is 38.9 Å². The number of halogens is 2. The molecule has 316 valence electrons. The van der Waals surface area contributed by atoms with Crippen LogP contribution in [0.5, 0.6) is 0 Å². The van der Waals surface area contributed by atoms with E-state index in [4.69, 9.17) is 11.0 Å². The Bertz CT molecular complexity index is 2910. The van der Waals surface area contributed by atoms with Gasteiger partial charge in [-0.3, -0.25) is 39.2 Å². The number of rotatable bonds is 10. The first-order valence-electron chi connectivity index (χ1n) is 24.0. The summed E-state index contributed by atoms with van der Waals surface area (Å²) in [7, 11) is 0. The lowest BCUT2D eigenvalue weighted by atomic mass is 9.95. The summed E-state index contributed by atoms with van der Waals surface area (Å²) in [5.74, 6) is -3.87. The second kappa shape index (κ2) is 16.3. The van der Waals surface area contributed by atoms with Crippen LogP contribution in [-0.2, 0) is 16.1 Å². The number of hydrogen-bond donors (Lipinski definition) is 2. The Morgan fingerprint density at radius 2 is 1.64 bits per heavy atom. The quantitative estimate of drug-likeness (QED) is 0.177. The summed E-state index contributed by atoms with van der Waals surface area (Å²) < 4.78 is 105. The van der Waals surface area contributed by atoms with E-state index in [1.165, 1.54) is 6.07 Å². The van der Waals surface area contributed by atoms with Crippen LogP contribution in [-0.4, -0.2) is 114 Å². The van der Waals surface area contributed by atoms with E-state index in [1.54, 1.807) is 25.3 Å². The van der Waals surface area contributed by atoms with Crippen molar-refractivity contribution in [3.8, 4) is 11.3 Å². The summed E-state index contributed by atoms with van der Waals surface area (Å²) in [5, 5.41) is 5.07. The van der Waals surface area contributed by atoms with Crippen molar-refractivity contribution in [2.24, 2.45) is 5.92 Å². The van der Waals surface area contributed by atoms with E-state index in [2.05, 4.69) is 35.5 Å². The van der Waals surface area contributed by atoms with Gasteiger partial charge in [0.2, 0.25) is 17.8 Å². The number of imide groups is 2. The van der Waals surface area contributed by atoms with E-state index < -0.39 is 73.0 Å². The smallest absolute Gasteiger partial charge is 0.262 e. The summed E-state index contributed by atoms with van der Waals surface area (Å²) in [5.41, 5.74) is 0.768. The van der Waals surface area contributed by atoms with Gasteiger partial charge in [-0.25, -0.2) is 28.7 Å². The maximum atomic E-state index is 15.2. The topological polar surface area (TPSA) is 162 Å². The molecule has 17 heteroatoms. The van der Waals surface area contributed by atoms with Crippen LogP contribution in [0.15, 0.2) is 54.9 Å². The second-order valence-electron chi connectivity index (χ2n) is 15.8. The maximum Gasteiger partial charge on any atom is 0.262 e. The van der Waals surface area contributed by atoms with E-state index in [-0.39, 0.29) is 65.2 Å². The molecule has 9 rings (SSSR count). The molecule has 1 unspecified atom stereocenters. The van der Waals surface area contributed by atoms with Crippen molar-refractivity contribution in [1.82, 2.24) is 44.5 Å². The highest BCUT2D eigenvalue weighted by Crippen LogP contribution is 2.33. The van der Waals surface area contributed by atoms with Crippen molar-refractivity contribution in [3.63, 3.8) is 0 Å². The zero-order valence-corrected chi connectivity index (χ0v) is 33.5. The van der Waals surface area contributed by atoms with Gasteiger partial charge >= 0.3 is 0 Å². The number of aryl methyl sites for hydroxylation is 1. The summed E-state index contributed by atoms with van der Waals surface area (Å²) in [6, 6.07) is 8.31. The predicted octanol–water partition coefficient (Wildman–Crippen LogP) is 5.23. The van der Waals surface area contributed by atoms with Gasteiger partial charge < -0.3 is 14.8 Å². The Morgan fingerprint density at radius 3 is 2.36 bits per heavy atom. The molecule has 4 amide bonds. The highest BCUT2D eigenvalue weighted by molar-refractivity contribution is 6.23. The van der Waals surface area contributed by atoms with Crippen LogP contribution >= 0.6 is 0 Å². The van der Waals surface area contributed by atoms with E-state index in [0.717, 1.165) is 30.0 Å². The molecule has 0 aliphatic carbocycles. The first-order valence-corrected chi connectivity index (χ1v) is 20.0. The van der Waals surface area contributed by atoms with Crippen LogP contribution in [0.4, 0.5) is 26.2 Å². The number of carbonyl (C=O) groups excluding carboxylic acids is 4. The molecule has 3 fully saturated rings. The van der Waals surface area contributed by atoms with Crippen molar-refractivity contribution in [1.29, 1.82) is 0 Å². The molecule has 0 saturated carbocycles. The molecule has 0 radical (unpaired) electrons. The molecular formula is C44H47F2N11O4. The third-order valence-corrected chi connectivity index (χ3v) is 11.4. The first-order chi connectivity index (χ1) is 32.4. The number of nitrogens with one attached hydrogen (secondary N) is 2. The molecule has 5 aromatic rings. The molecule has 15 nitrogen and oxygen atoms in total. The Balaban J connectivity index is 0.842. The van der Waals surface area contributed by atoms with Crippen LogP contribution in [0.2, 0.25) is 0 Å². The number of fused-ring (bicyclic) bond motifs is 2. The number of imidazole rings is 1. The van der Waals surface area contributed by atoms with Crippen LogP contribution in [0.1, 0.15) is 88.6 Å². The summed E-state index contributed by atoms with van der Waals surface area (Å²) in [6.07, 6.45) is 3.32. The molecule has 0 bridgehead atoms. The van der Waals surface area contributed by atoms with Crippen molar-refractivity contribution in [2.45, 2.75) is 65.1 Å². The Labute approximate surface area is 362 Å². The molecule has 2 aromatic carbocycles. The van der Waals surface area contributed by atoms with Gasteiger partial charge in [0, 0.05) is 74.5 Å². The van der Waals surface area contributed by atoms with Crippen LogP contribution < -0.4 is 15.5 Å².